The van der Waals surface area contributed by atoms with E-state index in [1.54, 1.807) is 0 Å². The van der Waals surface area contributed by atoms with Gasteiger partial charge in [-0.05, 0) is 30.3 Å². The van der Waals surface area contributed by atoms with E-state index in [4.69, 9.17) is 4.74 Å². The van der Waals surface area contributed by atoms with Crippen LogP contribution in [0.4, 0.5) is 4.79 Å². The summed E-state index contributed by atoms with van der Waals surface area (Å²) >= 11 is 2.02. The van der Waals surface area contributed by atoms with Crippen molar-refractivity contribution in [3.63, 3.8) is 0 Å². The Morgan fingerprint density at radius 2 is 2.00 bits per heavy atom. The zero-order valence-corrected chi connectivity index (χ0v) is 10.4. The third-order valence-corrected chi connectivity index (χ3v) is 4.23. The smallest absolute Gasteiger partial charge is 0.317 e. The lowest BCUT2D eigenvalue weighted by molar-refractivity contribution is 0.0529. The number of hydrogen-bond donors (Lipinski definition) is 1. The lowest BCUT2D eigenvalue weighted by Gasteiger charge is -2.28. The molecule has 2 aliphatic rings. The molecule has 0 aromatic rings. The van der Waals surface area contributed by atoms with Gasteiger partial charge in [-0.3, -0.25) is 0 Å². The van der Waals surface area contributed by atoms with Crippen molar-refractivity contribution in [1.82, 2.24) is 10.2 Å². The summed E-state index contributed by atoms with van der Waals surface area (Å²) in [5.41, 5.74) is 0. The average molecular weight is 244 g/mol. The molecule has 2 aliphatic heterocycles. The molecule has 0 aliphatic carbocycles. The minimum atomic E-state index is 0.0847. The van der Waals surface area contributed by atoms with Crippen molar-refractivity contribution in [1.29, 1.82) is 0 Å². The molecule has 2 fully saturated rings. The number of nitrogens with one attached hydrogen (secondary N) is 1. The van der Waals surface area contributed by atoms with Gasteiger partial charge in [0, 0.05) is 19.6 Å². The maximum Gasteiger partial charge on any atom is 0.317 e. The van der Waals surface area contributed by atoms with Crippen LogP contribution in [0.5, 0.6) is 0 Å². The Labute approximate surface area is 101 Å². The third kappa shape index (κ3) is 3.56. The van der Waals surface area contributed by atoms with E-state index < -0.39 is 0 Å². The summed E-state index contributed by atoms with van der Waals surface area (Å²) in [6.07, 6.45) is 2.49. The van der Waals surface area contributed by atoms with E-state index in [-0.39, 0.29) is 6.03 Å². The normalized spacial score (nSPS) is 23.1. The Balaban J connectivity index is 1.65. The van der Waals surface area contributed by atoms with Gasteiger partial charge in [-0.1, -0.05) is 0 Å². The summed E-state index contributed by atoms with van der Waals surface area (Å²) in [7, 11) is 0. The van der Waals surface area contributed by atoms with Crippen LogP contribution in [0.2, 0.25) is 0 Å². The van der Waals surface area contributed by atoms with Crippen LogP contribution >= 0.6 is 11.8 Å². The van der Waals surface area contributed by atoms with Crippen molar-refractivity contribution in [3.8, 4) is 0 Å². The lowest BCUT2D eigenvalue weighted by Crippen LogP contribution is -2.47. The van der Waals surface area contributed by atoms with Gasteiger partial charge in [0.05, 0.1) is 13.2 Å². The van der Waals surface area contributed by atoms with Crippen molar-refractivity contribution in [2.45, 2.75) is 12.8 Å². The first kappa shape index (κ1) is 12.0. The van der Waals surface area contributed by atoms with Crippen LogP contribution in [0.1, 0.15) is 12.8 Å². The van der Waals surface area contributed by atoms with E-state index in [1.165, 1.54) is 24.3 Å². The second kappa shape index (κ2) is 6.35. The first-order valence-corrected chi connectivity index (χ1v) is 7.20. The Morgan fingerprint density at radius 3 is 2.69 bits per heavy atom. The molecular formula is C11H20N2O2S. The average Bonchev–Trinajstić information content (AvgIpc) is 2.38. The van der Waals surface area contributed by atoms with Crippen molar-refractivity contribution in [3.05, 3.63) is 0 Å². The molecule has 2 saturated heterocycles. The van der Waals surface area contributed by atoms with Crippen molar-refractivity contribution < 1.29 is 9.53 Å². The van der Waals surface area contributed by atoms with Crippen molar-refractivity contribution in [2.75, 3.05) is 44.4 Å². The molecule has 2 rings (SSSR count). The molecule has 16 heavy (non-hydrogen) atoms. The Kier molecular flexibility index (Phi) is 4.78. The summed E-state index contributed by atoms with van der Waals surface area (Å²) in [5.74, 6) is 3.18. The highest BCUT2D eigenvalue weighted by molar-refractivity contribution is 7.99. The van der Waals surface area contributed by atoms with E-state index in [9.17, 15) is 4.79 Å². The van der Waals surface area contributed by atoms with Gasteiger partial charge in [0.1, 0.15) is 0 Å². The highest BCUT2D eigenvalue weighted by Crippen LogP contribution is 2.21. The number of carbonyl (C=O) groups excluding carboxylic acids is 1. The number of carbonyl (C=O) groups is 1. The number of urea groups is 1. The number of amides is 2. The molecule has 5 heteroatoms. The van der Waals surface area contributed by atoms with E-state index >= 15 is 0 Å². The zero-order chi connectivity index (χ0) is 11.2. The first-order chi connectivity index (χ1) is 7.86. The number of thioether (sulfide) groups is 1. The van der Waals surface area contributed by atoms with Gasteiger partial charge in [0.2, 0.25) is 0 Å². The van der Waals surface area contributed by atoms with E-state index in [0.717, 1.165) is 19.6 Å². The summed E-state index contributed by atoms with van der Waals surface area (Å²) in [5, 5.41) is 3.04. The molecule has 0 radical (unpaired) electrons. The van der Waals surface area contributed by atoms with Gasteiger partial charge in [-0.2, -0.15) is 11.8 Å². The Morgan fingerprint density at radius 1 is 1.31 bits per heavy atom. The highest BCUT2D eigenvalue weighted by atomic mass is 32.2. The number of rotatable bonds is 2. The third-order valence-electron chi connectivity index (χ3n) is 3.18. The van der Waals surface area contributed by atoms with Gasteiger partial charge < -0.3 is 15.0 Å². The summed E-state index contributed by atoms with van der Waals surface area (Å²) in [6, 6.07) is 0.0847. The van der Waals surface area contributed by atoms with Gasteiger partial charge in [-0.15, -0.1) is 0 Å². The molecular weight excluding hydrogens is 224 g/mol. The summed E-state index contributed by atoms with van der Waals surface area (Å²) in [4.78, 5) is 13.6. The van der Waals surface area contributed by atoms with Crippen LogP contribution in [0.3, 0.4) is 0 Å². The predicted octanol–water partition coefficient (Wildman–Crippen LogP) is 1.17. The molecule has 0 atom stereocenters. The Hall–Kier alpha value is -0.420. The maximum atomic E-state index is 11.8. The largest absolute Gasteiger partial charge is 0.378 e. The zero-order valence-electron chi connectivity index (χ0n) is 9.61. The predicted molar refractivity (Wildman–Crippen MR) is 65.8 cm³/mol. The van der Waals surface area contributed by atoms with E-state index in [1.807, 2.05) is 16.7 Å². The van der Waals surface area contributed by atoms with Crippen LogP contribution in [0, 0.1) is 5.92 Å². The fraction of sp³-hybridized carbons (Fsp3) is 0.909. The molecule has 4 nitrogen and oxygen atoms in total. The van der Waals surface area contributed by atoms with Crippen LogP contribution in [0.25, 0.3) is 0 Å². The molecule has 0 aromatic carbocycles. The maximum absolute atomic E-state index is 11.8. The monoisotopic (exact) mass is 244 g/mol. The molecule has 0 spiro atoms. The van der Waals surface area contributed by atoms with Crippen molar-refractivity contribution >= 4 is 17.8 Å². The highest BCUT2D eigenvalue weighted by Gasteiger charge is 2.19. The molecule has 0 aromatic heterocycles. The van der Waals surface area contributed by atoms with Crippen LogP contribution in [0.15, 0.2) is 0 Å². The van der Waals surface area contributed by atoms with Gasteiger partial charge in [-0.25, -0.2) is 4.79 Å². The number of morpholine rings is 1. The van der Waals surface area contributed by atoms with Gasteiger partial charge in [0.25, 0.3) is 0 Å². The minimum absolute atomic E-state index is 0.0847. The topological polar surface area (TPSA) is 41.6 Å². The van der Waals surface area contributed by atoms with Crippen LogP contribution < -0.4 is 5.32 Å². The molecule has 1 N–H and O–H groups in total. The van der Waals surface area contributed by atoms with Gasteiger partial charge in [0.15, 0.2) is 0 Å². The first-order valence-electron chi connectivity index (χ1n) is 6.04. The second-order valence-corrected chi connectivity index (χ2v) is 5.57. The van der Waals surface area contributed by atoms with E-state index in [0.29, 0.717) is 19.1 Å². The molecule has 2 amide bonds. The quantitative estimate of drug-likeness (QED) is 0.793. The fourth-order valence-corrected chi connectivity index (χ4v) is 3.26. The number of nitrogens with zero attached hydrogens (tertiary/aromatic N) is 1. The second-order valence-electron chi connectivity index (χ2n) is 4.34. The summed E-state index contributed by atoms with van der Waals surface area (Å²) < 4.78 is 5.22. The SMILES string of the molecule is O=C(NCC1CCSCC1)N1CCOCC1. The number of hydrogen-bond acceptors (Lipinski definition) is 3. The fourth-order valence-electron chi connectivity index (χ4n) is 2.06. The molecule has 2 heterocycles. The van der Waals surface area contributed by atoms with Gasteiger partial charge >= 0.3 is 6.03 Å². The summed E-state index contributed by atoms with van der Waals surface area (Å²) in [6.45, 7) is 3.65. The molecule has 0 unspecified atom stereocenters. The molecule has 0 bridgehead atoms. The standard InChI is InChI=1S/C11H20N2O2S/c14-11(13-3-5-15-6-4-13)12-9-10-1-7-16-8-2-10/h10H,1-9H2,(H,12,14). The van der Waals surface area contributed by atoms with Crippen LogP contribution in [-0.2, 0) is 4.74 Å². The molecule has 0 saturated carbocycles. The lowest BCUT2D eigenvalue weighted by atomic mass is 10.0. The number of ether oxygens (including phenoxy) is 1. The molecule has 92 valence electrons. The van der Waals surface area contributed by atoms with Crippen LogP contribution in [-0.4, -0.2) is 55.3 Å². The Bertz CT molecular complexity index is 226. The van der Waals surface area contributed by atoms with Crippen molar-refractivity contribution in [2.24, 2.45) is 5.92 Å². The van der Waals surface area contributed by atoms with E-state index in [2.05, 4.69) is 5.32 Å². The minimum Gasteiger partial charge on any atom is -0.378 e.